The van der Waals surface area contributed by atoms with Crippen LogP contribution in [0.15, 0.2) is 24.3 Å². The van der Waals surface area contributed by atoms with E-state index >= 15 is 0 Å². The second-order valence-electron chi connectivity index (χ2n) is 6.19. The Morgan fingerprint density at radius 3 is 2.46 bits per heavy atom. The molecule has 4 N–H and O–H groups in total. The molecule has 0 aromatic heterocycles. The molecule has 8 heteroatoms. The van der Waals surface area contributed by atoms with Gasteiger partial charge in [0.05, 0.1) is 12.2 Å². The highest BCUT2D eigenvalue weighted by Gasteiger charge is 2.37. The summed E-state index contributed by atoms with van der Waals surface area (Å²) in [5.41, 5.74) is 1.04. The molecule has 1 unspecified atom stereocenters. The van der Waals surface area contributed by atoms with Crippen molar-refractivity contribution in [3.05, 3.63) is 29.8 Å². The van der Waals surface area contributed by atoms with Crippen LogP contribution in [-0.2, 0) is 9.47 Å². The van der Waals surface area contributed by atoms with Crippen LogP contribution in [0.2, 0.25) is 0 Å². The van der Waals surface area contributed by atoms with E-state index in [0.717, 1.165) is 13.1 Å². The summed E-state index contributed by atoms with van der Waals surface area (Å²) in [6.07, 6.45) is -4.50. The van der Waals surface area contributed by atoms with E-state index in [4.69, 9.17) is 9.47 Å². The van der Waals surface area contributed by atoms with Crippen LogP contribution in [0.25, 0.3) is 0 Å². The van der Waals surface area contributed by atoms with Crippen molar-refractivity contribution in [2.24, 2.45) is 0 Å². The average molecular weight is 368 g/mol. The van der Waals surface area contributed by atoms with Gasteiger partial charge in [-0.3, -0.25) is 0 Å². The van der Waals surface area contributed by atoms with E-state index in [2.05, 4.69) is 24.1 Å². The van der Waals surface area contributed by atoms with Crippen molar-refractivity contribution in [2.75, 3.05) is 38.2 Å². The van der Waals surface area contributed by atoms with Crippen LogP contribution >= 0.6 is 0 Å². The lowest BCUT2D eigenvalue weighted by atomic mass is 10.0. The fraction of sp³-hybridized carbons (Fsp3) is 0.611. The van der Waals surface area contributed by atoms with Gasteiger partial charge < -0.3 is 35.0 Å². The van der Waals surface area contributed by atoms with Gasteiger partial charge in [0.1, 0.15) is 24.9 Å². The van der Waals surface area contributed by atoms with Crippen molar-refractivity contribution >= 4 is 11.7 Å². The number of esters is 1. The first-order valence-corrected chi connectivity index (χ1v) is 8.88. The third kappa shape index (κ3) is 5.39. The number of benzene rings is 1. The summed E-state index contributed by atoms with van der Waals surface area (Å²) in [4.78, 5) is 14.2. The number of hydrogen-bond donors (Lipinski definition) is 4. The number of aliphatic hydroxyl groups excluding tert-OH is 3. The topological polar surface area (TPSA) is 111 Å². The van der Waals surface area contributed by atoms with Crippen LogP contribution in [0.3, 0.4) is 0 Å². The molecule has 0 bridgehead atoms. The number of anilines is 1. The minimum absolute atomic E-state index is 0.0765. The first-order valence-electron chi connectivity index (χ1n) is 8.88. The van der Waals surface area contributed by atoms with Crippen LogP contribution < -0.4 is 5.32 Å². The monoisotopic (exact) mass is 368 g/mol. The predicted molar refractivity (Wildman–Crippen MR) is 95.9 cm³/mol. The summed E-state index contributed by atoms with van der Waals surface area (Å²) < 4.78 is 10.6. The van der Waals surface area contributed by atoms with Gasteiger partial charge in [-0.2, -0.15) is 0 Å². The molecule has 1 fully saturated rings. The molecule has 8 nitrogen and oxygen atoms in total. The molecule has 2 rings (SSSR count). The fourth-order valence-corrected chi connectivity index (χ4v) is 2.69. The summed E-state index contributed by atoms with van der Waals surface area (Å²) in [7, 11) is 0. The van der Waals surface area contributed by atoms with Gasteiger partial charge in [0, 0.05) is 12.2 Å². The summed E-state index contributed by atoms with van der Waals surface area (Å²) in [5, 5.41) is 32.0. The molecule has 1 aliphatic heterocycles. The maximum absolute atomic E-state index is 12.0. The van der Waals surface area contributed by atoms with Gasteiger partial charge in [-0.1, -0.05) is 13.8 Å². The third-order valence-corrected chi connectivity index (χ3v) is 4.47. The van der Waals surface area contributed by atoms with Crippen molar-refractivity contribution in [1.29, 1.82) is 0 Å². The van der Waals surface area contributed by atoms with Crippen molar-refractivity contribution in [3.63, 3.8) is 0 Å². The molecule has 1 saturated heterocycles. The molecule has 4 atom stereocenters. The SMILES string of the molecule is CCN(CC)CCOC(=O)c1ccc(N[C@@H]2OC[C@H](O)[C@H](O)C2O)cc1. The molecule has 146 valence electrons. The highest BCUT2D eigenvalue weighted by atomic mass is 16.5. The zero-order valence-electron chi connectivity index (χ0n) is 15.2. The molecule has 1 aromatic carbocycles. The molecule has 0 saturated carbocycles. The van der Waals surface area contributed by atoms with E-state index in [1.807, 2.05) is 0 Å². The van der Waals surface area contributed by atoms with Gasteiger partial charge in [-0.05, 0) is 37.4 Å². The highest BCUT2D eigenvalue weighted by Crippen LogP contribution is 2.19. The van der Waals surface area contributed by atoms with Crippen molar-refractivity contribution in [1.82, 2.24) is 4.90 Å². The molecule has 0 amide bonds. The second kappa shape index (κ2) is 9.84. The third-order valence-electron chi connectivity index (χ3n) is 4.47. The summed E-state index contributed by atoms with van der Waals surface area (Å²) in [6.45, 7) is 6.90. The minimum Gasteiger partial charge on any atom is -0.461 e. The fourth-order valence-electron chi connectivity index (χ4n) is 2.69. The van der Waals surface area contributed by atoms with Crippen LogP contribution in [0.1, 0.15) is 24.2 Å². The smallest absolute Gasteiger partial charge is 0.338 e. The highest BCUT2D eigenvalue weighted by molar-refractivity contribution is 5.89. The van der Waals surface area contributed by atoms with Crippen molar-refractivity contribution in [3.8, 4) is 0 Å². The predicted octanol–water partition coefficient (Wildman–Crippen LogP) is 0.0361. The van der Waals surface area contributed by atoms with Crippen LogP contribution in [0.4, 0.5) is 5.69 Å². The Bertz CT molecular complexity index is 563. The standard InChI is InChI=1S/C18H28N2O6/c1-3-20(4-2)9-10-25-18(24)12-5-7-13(8-6-12)19-17-16(23)15(22)14(21)11-26-17/h5-8,14-17,19,21-23H,3-4,9-11H2,1-2H3/t14-,15-,16?,17+/m0/s1. The number of carbonyl (C=O) groups excluding carboxylic acids is 1. The first-order chi connectivity index (χ1) is 12.5. The second-order valence-corrected chi connectivity index (χ2v) is 6.19. The number of hydrogen-bond acceptors (Lipinski definition) is 8. The lowest BCUT2D eigenvalue weighted by Gasteiger charge is -2.35. The number of aliphatic hydroxyl groups is 3. The number of likely N-dealkylation sites (N-methyl/N-ethyl adjacent to an activating group) is 1. The van der Waals surface area contributed by atoms with Gasteiger partial charge in [-0.15, -0.1) is 0 Å². The average Bonchev–Trinajstić information content (AvgIpc) is 2.66. The van der Waals surface area contributed by atoms with Gasteiger partial charge in [-0.25, -0.2) is 4.79 Å². The lowest BCUT2D eigenvalue weighted by Crippen LogP contribution is -2.55. The summed E-state index contributed by atoms with van der Waals surface area (Å²) in [6, 6.07) is 6.55. The molecular formula is C18H28N2O6. The maximum Gasteiger partial charge on any atom is 0.338 e. The molecule has 0 spiro atoms. The summed E-state index contributed by atoms with van der Waals surface area (Å²) >= 11 is 0. The quantitative estimate of drug-likeness (QED) is 0.476. The van der Waals surface area contributed by atoms with Gasteiger partial charge in [0.15, 0.2) is 6.23 Å². The molecule has 1 heterocycles. The van der Waals surface area contributed by atoms with Gasteiger partial charge >= 0.3 is 5.97 Å². The Kier molecular flexibility index (Phi) is 7.80. The lowest BCUT2D eigenvalue weighted by molar-refractivity contribution is -0.178. The van der Waals surface area contributed by atoms with E-state index in [1.54, 1.807) is 24.3 Å². The van der Waals surface area contributed by atoms with E-state index in [0.29, 0.717) is 24.4 Å². The normalized spacial score (nSPS) is 25.9. The zero-order chi connectivity index (χ0) is 19.1. The molecule has 1 aliphatic rings. The molecule has 1 aromatic rings. The van der Waals surface area contributed by atoms with Gasteiger partial charge in [0.25, 0.3) is 0 Å². The number of ether oxygens (including phenoxy) is 2. The van der Waals surface area contributed by atoms with E-state index in [-0.39, 0.29) is 6.61 Å². The number of nitrogens with zero attached hydrogens (tertiary/aromatic N) is 1. The Labute approximate surface area is 153 Å². The number of carbonyl (C=O) groups is 1. The molecule has 0 aliphatic carbocycles. The Balaban J connectivity index is 1.85. The minimum atomic E-state index is -1.28. The van der Waals surface area contributed by atoms with E-state index in [9.17, 15) is 20.1 Å². The van der Waals surface area contributed by atoms with Crippen molar-refractivity contribution < 1.29 is 29.6 Å². The Morgan fingerprint density at radius 1 is 1.19 bits per heavy atom. The maximum atomic E-state index is 12.0. The van der Waals surface area contributed by atoms with Crippen LogP contribution in [0, 0.1) is 0 Å². The van der Waals surface area contributed by atoms with Gasteiger partial charge in [0.2, 0.25) is 0 Å². The first kappa shape index (κ1) is 20.6. The molecule has 0 radical (unpaired) electrons. The van der Waals surface area contributed by atoms with E-state index in [1.165, 1.54) is 0 Å². The Hall–Kier alpha value is -1.71. The molecule has 26 heavy (non-hydrogen) atoms. The Morgan fingerprint density at radius 2 is 1.85 bits per heavy atom. The van der Waals surface area contributed by atoms with E-state index < -0.39 is 30.5 Å². The van der Waals surface area contributed by atoms with Crippen LogP contribution in [0.5, 0.6) is 0 Å². The molecular weight excluding hydrogens is 340 g/mol. The largest absolute Gasteiger partial charge is 0.461 e. The van der Waals surface area contributed by atoms with Crippen LogP contribution in [-0.4, -0.2) is 83.6 Å². The van der Waals surface area contributed by atoms with Crippen molar-refractivity contribution in [2.45, 2.75) is 38.4 Å². The summed E-state index contributed by atoms with van der Waals surface area (Å²) in [5.74, 6) is -0.392. The zero-order valence-corrected chi connectivity index (χ0v) is 15.2. The number of rotatable bonds is 8. The number of nitrogens with one attached hydrogen (secondary N) is 1.